The van der Waals surface area contributed by atoms with Crippen LogP contribution in [0, 0.1) is 17.8 Å². The SMILES string of the molecule is CC(C)CC(=O)OC(OP(=O)(OC(OC(=O)OC(C)C)C(C)C)OP(=O)(O)OC[C@H]1O[C@@H](n2ccc(=O)n(Cc3noc4ccccc34)c2=O)[C@@H](O)[C@H]1O)C(C)C. The number of esters is 1. The zero-order chi connectivity index (χ0) is 42.4. The molecule has 3 heterocycles. The number of phosphoric acid groups is 2. The molecule has 1 fully saturated rings. The molecule has 3 aromatic rings. The van der Waals surface area contributed by atoms with Crippen molar-refractivity contribution < 1.29 is 75.2 Å². The van der Waals surface area contributed by atoms with Crippen LogP contribution >= 0.6 is 15.6 Å². The molecule has 0 amide bonds. The van der Waals surface area contributed by atoms with Gasteiger partial charge in [0.15, 0.2) is 11.8 Å². The second-order valence-electron chi connectivity index (χ2n) is 14.5. The quantitative estimate of drug-likeness (QED) is 0.0865. The molecular weight excluding hydrogens is 800 g/mol. The van der Waals surface area contributed by atoms with E-state index >= 15 is 0 Å². The number of aromatic nitrogens is 3. The van der Waals surface area contributed by atoms with E-state index in [1.807, 2.05) is 0 Å². The first-order chi connectivity index (χ1) is 26.6. The topological polar surface area (TPSA) is 273 Å². The predicted molar refractivity (Wildman–Crippen MR) is 196 cm³/mol. The van der Waals surface area contributed by atoms with Crippen molar-refractivity contribution in [3.05, 3.63) is 63.1 Å². The Morgan fingerprint density at radius 3 is 2.14 bits per heavy atom. The van der Waals surface area contributed by atoms with Gasteiger partial charge in [0.25, 0.3) is 5.56 Å². The maximum absolute atomic E-state index is 14.2. The van der Waals surface area contributed by atoms with E-state index in [0.717, 1.165) is 21.4 Å². The Hall–Kier alpha value is -3.75. The van der Waals surface area contributed by atoms with Gasteiger partial charge in [0.05, 0.1) is 19.3 Å². The van der Waals surface area contributed by atoms with Crippen LogP contribution in [0.15, 0.2) is 50.6 Å². The highest BCUT2D eigenvalue weighted by molar-refractivity contribution is 7.61. The van der Waals surface area contributed by atoms with Crippen LogP contribution in [0.2, 0.25) is 0 Å². The summed E-state index contributed by atoms with van der Waals surface area (Å²) in [5.41, 5.74) is -1.01. The minimum absolute atomic E-state index is 0.0680. The third-order valence-corrected chi connectivity index (χ3v) is 11.0. The average Bonchev–Trinajstić information content (AvgIpc) is 3.63. The molecular formula is C34H49N3O18P2. The van der Waals surface area contributed by atoms with Gasteiger partial charge < -0.3 is 38.6 Å². The summed E-state index contributed by atoms with van der Waals surface area (Å²) in [4.78, 5) is 61.9. The maximum atomic E-state index is 14.2. The monoisotopic (exact) mass is 849 g/mol. The second kappa shape index (κ2) is 19.3. The number of carbonyl (C=O) groups is 2. The average molecular weight is 850 g/mol. The molecule has 1 aliphatic rings. The van der Waals surface area contributed by atoms with Gasteiger partial charge in [-0.25, -0.2) is 27.8 Å². The highest BCUT2D eigenvalue weighted by Gasteiger charge is 2.48. The lowest BCUT2D eigenvalue weighted by atomic mass is 10.1. The molecule has 1 aromatic carbocycles. The van der Waals surface area contributed by atoms with E-state index in [2.05, 4.69) is 5.16 Å². The summed E-state index contributed by atoms with van der Waals surface area (Å²) in [6.45, 7) is 11.2. The van der Waals surface area contributed by atoms with Crippen LogP contribution in [0.5, 0.6) is 0 Å². The van der Waals surface area contributed by atoms with Gasteiger partial charge in [-0.05, 0) is 31.9 Å². The molecule has 21 nitrogen and oxygen atoms in total. The van der Waals surface area contributed by atoms with E-state index in [0.29, 0.717) is 11.0 Å². The molecule has 57 heavy (non-hydrogen) atoms. The second-order valence-corrected chi connectivity index (χ2v) is 17.6. The highest BCUT2D eigenvalue weighted by atomic mass is 31.3. The van der Waals surface area contributed by atoms with Crippen molar-refractivity contribution in [3.8, 4) is 0 Å². The lowest BCUT2D eigenvalue weighted by Crippen LogP contribution is -2.43. The first-order valence-corrected chi connectivity index (χ1v) is 20.9. The summed E-state index contributed by atoms with van der Waals surface area (Å²) in [7, 11) is -11.0. The van der Waals surface area contributed by atoms with Crippen molar-refractivity contribution in [2.75, 3.05) is 6.61 Å². The van der Waals surface area contributed by atoms with Gasteiger partial charge in [-0.15, -0.1) is 0 Å². The van der Waals surface area contributed by atoms with Crippen molar-refractivity contribution in [3.63, 3.8) is 0 Å². The first kappa shape index (κ1) is 45.9. The molecule has 3 N–H and O–H groups in total. The van der Waals surface area contributed by atoms with Gasteiger partial charge >= 0.3 is 33.5 Å². The zero-order valence-electron chi connectivity index (χ0n) is 32.6. The molecule has 0 aliphatic carbocycles. The van der Waals surface area contributed by atoms with Crippen molar-refractivity contribution in [2.24, 2.45) is 17.8 Å². The highest BCUT2D eigenvalue weighted by Crippen LogP contribution is 2.65. The number of para-hydroxylation sites is 1. The smallest absolute Gasteiger partial charge is 0.435 e. The van der Waals surface area contributed by atoms with Crippen LogP contribution in [-0.4, -0.2) is 85.1 Å². The number of nitrogens with zero attached hydrogens (tertiary/aromatic N) is 3. The van der Waals surface area contributed by atoms with Crippen LogP contribution in [0.25, 0.3) is 11.0 Å². The molecule has 0 radical (unpaired) electrons. The number of ether oxygens (including phenoxy) is 4. The van der Waals surface area contributed by atoms with Crippen molar-refractivity contribution in [1.82, 2.24) is 14.3 Å². The van der Waals surface area contributed by atoms with Crippen LogP contribution < -0.4 is 11.2 Å². The van der Waals surface area contributed by atoms with Crippen LogP contribution in [0.1, 0.15) is 73.7 Å². The summed E-state index contributed by atoms with van der Waals surface area (Å²) in [6, 6.07) is 7.79. The predicted octanol–water partition coefficient (Wildman–Crippen LogP) is 4.21. The minimum Gasteiger partial charge on any atom is -0.435 e. The molecule has 1 aliphatic heterocycles. The van der Waals surface area contributed by atoms with Gasteiger partial charge in [-0.3, -0.25) is 23.2 Å². The van der Waals surface area contributed by atoms with Gasteiger partial charge in [0.2, 0.25) is 12.6 Å². The van der Waals surface area contributed by atoms with Crippen LogP contribution in [0.4, 0.5) is 4.79 Å². The number of benzene rings is 1. The fourth-order valence-corrected chi connectivity index (χ4v) is 8.16. The summed E-state index contributed by atoms with van der Waals surface area (Å²) < 4.78 is 76.3. The lowest BCUT2D eigenvalue weighted by Gasteiger charge is -2.30. The Labute approximate surface area is 326 Å². The molecule has 4 unspecified atom stereocenters. The largest absolute Gasteiger partial charge is 0.510 e. The van der Waals surface area contributed by atoms with E-state index in [-0.39, 0.29) is 24.6 Å². The normalized spacial score (nSPS) is 21.8. The third kappa shape index (κ3) is 12.4. The number of hydrogen-bond donors (Lipinski definition) is 3. The van der Waals surface area contributed by atoms with Crippen molar-refractivity contribution in [1.29, 1.82) is 0 Å². The van der Waals surface area contributed by atoms with Crippen LogP contribution in [0.3, 0.4) is 0 Å². The van der Waals surface area contributed by atoms with E-state index in [4.69, 9.17) is 41.4 Å². The maximum Gasteiger partial charge on any atom is 0.510 e. The van der Waals surface area contributed by atoms with E-state index in [1.165, 1.54) is 41.5 Å². The Morgan fingerprint density at radius 1 is 0.895 bits per heavy atom. The van der Waals surface area contributed by atoms with E-state index in [9.17, 15) is 43.4 Å². The van der Waals surface area contributed by atoms with E-state index < -0.39 is 101 Å². The van der Waals surface area contributed by atoms with Crippen molar-refractivity contribution >= 4 is 38.7 Å². The van der Waals surface area contributed by atoms with E-state index in [1.54, 1.807) is 38.1 Å². The van der Waals surface area contributed by atoms with Gasteiger partial charge in [0, 0.05) is 35.9 Å². The van der Waals surface area contributed by atoms with Crippen LogP contribution in [-0.2, 0) is 57.3 Å². The lowest BCUT2D eigenvalue weighted by molar-refractivity contribution is -0.176. The molecule has 0 spiro atoms. The number of aliphatic hydroxyl groups excluding tert-OH is 2. The number of fused-ring (bicyclic) bond motifs is 1. The Morgan fingerprint density at radius 2 is 1.53 bits per heavy atom. The molecule has 318 valence electrons. The Balaban J connectivity index is 1.54. The molecule has 0 bridgehead atoms. The number of carbonyl (C=O) groups excluding carboxylic acids is 2. The van der Waals surface area contributed by atoms with Crippen molar-refractivity contribution in [2.45, 2.75) is 112 Å². The molecule has 2 aromatic heterocycles. The molecule has 1 saturated heterocycles. The Kier molecular flexibility index (Phi) is 15.6. The standard InChI is InChI=1S/C34H49N3O18P2/c1-18(2)15-27(39)50-31(19(3)4)53-57(46,54-32(20(5)6)51-34(43)48-21(7)8)55-56(44,45)47-17-25-28(40)29(41)30(49-25)36-14-13-26(38)37(33(36)42)16-23-22-11-9-10-12-24(22)52-35-23/h9-14,18-21,25,28-32,40-41H,15-17H2,1-8H3,(H,44,45)/t25-,28+,29+,30-,31?,32?,57?/m1/s1. The molecule has 23 heteroatoms. The summed E-state index contributed by atoms with van der Waals surface area (Å²) in [5, 5.41) is 26.2. The fourth-order valence-electron chi connectivity index (χ4n) is 5.19. The summed E-state index contributed by atoms with van der Waals surface area (Å²) in [6.07, 6.45) is -11.3. The minimum atomic E-state index is -5.60. The van der Waals surface area contributed by atoms with Gasteiger partial charge in [0.1, 0.15) is 24.0 Å². The third-order valence-electron chi connectivity index (χ3n) is 7.99. The van der Waals surface area contributed by atoms with Gasteiger partial charge in [-0.2, -0.15) is 4.31 Å². The number of aliphatic hydroxyl groups is 2. The fraction of sp³-hybridized carbons (Fsp3) is 0.618. The first-order valence-electron chi connectivity index (χ1n) is 18.0. The number of rotatable bonds is 19. The molecule has 4 rings (SSSR count). The zero-order valence-corrected chi connectivity index (χ0v) is 34.3. The number of hydrogen-bond acceptors (Lipinski definition) is 18. The number of phosphoric ester groups is 2. The molecule has 0 saturated carbocycles. The Bertz CT molecular complexity index is 2020. The molecule has 8 atom stereocenters. The summed E-state index contributed by atoms with van der Waals surface area (Å²) >= 11 is 0. The summed E-state index contributed by atoms with van der Waals surface area (Å²) in [5.74, 6) is -2.44. The van der Waals surface area contributed by atoms with Gasteiger partial charge in [-0.1, -0.05) is 58.8 Å².